The number of hydrogen-bond acceptors (Lipinski definition) is 0. The van der Waals surface area contributed by atoms with Gasteiger partial charge in [0.2, 0.25) is 5.69 Å². The standard InChI is InChI=1S/C26H28N/c1-4-27-21(3)26(18-22-11-7-5-8-12-22,19-23-13-9-6-10-14-23)24-17-20(2)15-16-25(24)27/h5-17H,4,18-19H2,1-3H3/q+1. The first-order valence-electron chi connectivity index (χ1n) is 9.94. The zero-order valence-electron chi connectivity index (χ0n) is 16.6. The Morgan fingerprint density at radius 2 is 1.30 bits per heavy atom. The second kappa shape index (κ2) is 7.15. The number of rotatable bonds is 5. The van der Waals surface area contributed by atoms with Crippen LogP contribution in [0.3, 0.4) is 0 Å². The molecule has 0 saturated carbocycles. The van der Waals surface area contributed by atoms with E-state index in [1.54, 1.807) is 0 Å². The Morgan fingerprint density at radius 1 is 0.741 bits per heavy atom. The van der Waals surface area contributed by atoms with Crippen LogP contribution in [0.4, 0.5) is 5.69 Å². The molecule has 136 valence electrons. The predicted octanol–water partition coefficient (Wildman–Crippen LogP) is 5.86. The highest BCUT2D eigenvalue weighted by Crippen LogP contribution is 2.44. The van der Waals surface area contributed by atoms with Gasteiger partial charge < -0.3 is 0 Å². The van der Waals surface area contributed by atoms with Crippen molar-refractivity contribution >= 4 is 11.4 Å². The Morgan fingerprint density at radius 3 is 1.81 bits per heavy atom. The first-order valence-corrected chi connectivity index (χ1v) is 9.94. The molecule has 0 N–H and O–H groups in total. The Hall–Kier alpha value is -2.67. The molecule has 0 amide bonds. The third-order valence-corrected chi connectivity index (χ3v) is 6.07. The maximum Gasteiger partial charge on any atom is 0.209 e. The molecule has 4 rings (SSSR count). The average molecular weight is 355 g/mol. The molecule has 0 spiro atoms. The molecule has 27 heavy (non-hydrogen) atoms. The molecule has 1 heteroatoms. The van der Waals surface area contributed by atoms with Crippen LogP contribution in [0.15, 0.2) is 78.9 Å². The first-order chi connectivity index (χ1) is 13.1. The summed E-state index contributed by atoms with van der Waals surface area (Å²) in [5.74, 6) is 0. The summed E-state index contributed by atoms with van der Waals surface area (Å²) >= 11 is 0. The van der Waals surface area contributed by atoms with Gasteiger partial charge >= 0.3 is 0 Å². The highest BCUT2D eigenvalue weighted by Gasteiger charge is 2.49. The largest absolute Gasteiger partial charge is 0.209 e. The average Bonchev–Trinajstić information content (AvgIpc) is 2.91. The summed E-state index contributed by atoms with van der Waals surface area (Å²) < 4.78 is 2.51. The molecule has 0 saturated heterocycles. The molecule has 1 heterocycles. The molecular formula is C26H28N+. The van der Waals surface area contributed by atoms with E-state index in [1.807, 2.05) is 0 Å². The van der Waals surface area contributed by atoms with Gasteiger partial charge in [0.1, 0.15) is 6.54 Å². The van der Waals surface area contributed by atoms with Gasteiger partial charge in [-0.05, 0) is 43.9 Å². The maximum absolute atomic E-state index is 2.51. The number of nitrogens with zero attached hydrogens (tertiary/aromatic N) is 1. The monoisotopic (exact) mass is 354 g/mol. The van der Waals surface area contributed by atoms with Crippen LogP contribution >= 0.6 is 0 Å². The molecular weight excluding hydrogens is 326 g/mol. The van der Waals surface area contributed by atoms with Crippen molar-refractivity contribution in [1.29, 1.82) is 0 Å². The van der Waals surface area contributed by atoms with Gasteiger partial charge in [-0.2, -0.15) is 4.58 Å². The molecule has 0 unspecified atom stereocenters. The van der Waals surface area contributed by atoms with Crippen LogP contribution in [0, 0.1) is 6.92 Å². The van der Waals surface area contributed by atoms with Crippen molar-refractivity contribution in [3.63, 3.8) is 0 Å². The van der Waals surface area contributed by atoms with Crippen molar-refractivity contribution < 1.29 is 4.58 Å². The summed E-state index contributed by atoms with van der Waals surface area (Å²) in [5.41, 5.74) is 8.47. The van der Waals surface area contributed by atoms with E-state index >= 15 is 0 Å². The second-order valence-electron chi connectivity index (χ2n) is 7.76. The highest BCUT2D eigenvalue weighted by molar-refractivity contribution is 5.95. The van der Waals surface area contributed by atoms with Crippen LogP contribution in [0.25, 0.3) is 0 Å². The minimum Gasteiger partial charge on any atom is -0.199 e. The van der Waals surface area contributed by atoms with Gasteiger partial charge in [-0.1, -0.05) is 72.3 Å². The number of hydrogen-bond donors (Lipinski definition) is 0. The summed E-state index contributed by atoms with van der Waals surface area (Å²) in [6, 6.07) is 28.9. The van der Waals surface area contributed by atoms with Crippen LogP contribution in [-0.2, 0) is 18.3 Å². The lowest BCUT2D eigenvalue weighted by Gasteiger charge is -2.28. The van der Waals surface area contributed by atoms with E-state index in [1.165, 1.54) is 33.7 Å². The lowest BCUT2D eigenvalue weighted by molar-refractivity contribution is -0.434. The van der Waals surface area contributed by atoms with E-state index < -0.39 is 0 Å². The lowest BCUT2D eigenvalue weighted by Crippen LogP contribution is -2.38. The van der Waals surface area contributed by atoms with Gasteiger partial charge in [0.15, 0.2) is 5.71 Å². The van der Waals surface area contributed by atoms with Crippen molar-refractivity contribution in [2.45, 2.75) is 39.0 Å². The van der Waals surface area contributed by atoms with E-state index in [0.717, 1.165) is 19.4 Å². The molecule has 0 aromatic heterocycles. The van der Waals surface area contributed by atoms with Crippen LogP contribution in [-0.4, -0.2) is 16.8 Å². The van der Waals surface area contributed by atoms with Crippen molar-refractivity contribution in [2.24, 2.45) is 0 Å². The normalized spacial score (nSPS) is 15.1. The zero-order chi connectivity index (χ0) is 18.9. The number of fused-ring (bicyclic) bond motifs is 1. The quantitative estimate of drug-likeness (QED) is 0.505. The minimum atomic E-state index is 0.0000694. The van der Waals surface area contributed by atoms with E-state index in [2.05, 4.69) is 104 Å². The first kappa shape index (κ1) is 17.7. The van der Waals surface area contributed by atoms with E-state index in [0.29, 0.717) is 0 Å². The van der Waals surface area contributed by atoms with E-state index in [-0.39, 0.29) is 5.41 Å². The second-order valence-corrected chi connectivity index (χ2v) is 7.76. The number of benzene rings is 3. The Kier molecular flexibility index (Phi) is 4.70. The molecule has 0 fully saturated rings. The smallest absolute Gasteiger partial charge is 0.199 e. The molecule has 1 aliphatic rings. The SMILES string of the molecule is CC[N+]1=C(C)C(Cc2ccccc2)(Cc2ccccc2)c2cc(C)ccc21. The molecule has 1 aliphatic heterocycles. The number of aryl methyl sites for hydroxylation is 1. The van der Waals surface area contributed by atoms with Gasteiger partial charge in [0, 0.05) is 18.6 Å². The summed E-state index contributed by atoms with van der Waals surface area (Å²) in [6.07, 6.45) is 2.06. The van der Waals surface area contributed by atoms with Gasteiger partial charge in [-0.25, -0.2) is 0 Å². The topological polar surface area (TPSA) is 3.01 Å². The predicted molar refractivity (Wildman–Crippen MR) is 114 cm³/mol. The van der Waals surface area contributed by atoms with Crippen molar-refractivity contribution in [1.82, 2.24) is 0 Å². The summed E-state index contributed by atoms with van der Waals surface area (Å²) in [5, 5.41) is 0. The third-order valence-electron chi connectivity index (χ3n) is 6.07. The lowest BCUT2D eigenvalue weighted by atomic mass is 9.69. The fourth-order valence-electron chi connectivity index (χ4n) is 4.71. The van der Waals surface area contributed by atoms with Gasteiger partial charge in [-0.15, -0.1) is 0 Å². The summed E-state index contributed by atoms with van der Waals surface area (Å²) in [6.45, 7) is 7.81. The molecule has 3 aromatic carbocycles. The minimum absolute atomic E-state index is 0.0000694. The van der Waals surface area contributed by atoms with Crippen molar-refractivity contribution in [3.8, 4) is 0 Å². The molecule has 0 radical (unpaired) electrons. The Bertz CT molecular complexity index is 926. The molecule has 1 nitrogen and oxygen atoms in total. The Balaban J connectivity index is 1.92. The third kappa shape index (κ3) is 3.12. The summed E-state index contributed by atoms with van der Waals surface area (Å²) in [7, 11) is 0. The molecule has 0 bridgehead atoms. The van der Waals surface area contributed by atoms with Gasteiger partial charge in [0.25, 0.3) is 0 Å². The van der Waals surface area contributed by atoms with Crippen molar-refractivity contribution in [2.75, 3.05) is 6.54 Å². The fourth-order valence-corrected chi connectivity index (χ4v) is 4.71. The Labute approximate surface area is 163 Å². The van der Waals surface area contributed by atoms with Crippen LogP contribution in [0.2, 0.25) is 0 Å². The van der Waals surface area contributed by atoms with Gasteiger partial charge in [-0.3, -0.25) is 0 Å². The van der Waals surface area contributed by atoms with E-state index in [4.69, 9.17) is 0 Å². The van der Waals surface area contributed by atoms with Crippen LogP contribution in [0.5, 0.6) is 0 Å². The molecule has 0 atom stereocenters. The zero-order valence-corrected chi connectivity index (χ0v) is 16.6. The highest BCUT2D eigenvalue weighted by atomic mass is 15.1. The molecule has 0 aliphatic carbocycles. The summed E-state index contributed by atoms with van der Waals surface area (Å²) in [4.78, 5) is 0. The van der Waals surface area contributed by atoms with Crippen LogP contribution in [0.1, 0.15) is 36.1 Å². The van der Waals surface area contributed by atoms with Crippen molar-refractivity contribution in [3.05, 3.63) is 101 Å². The maximum atomic E-state index is 2.51. The van der Waals surface area contributed by atoms with Gasteiger partial charge in [0.05, 0.1) is 5.41 Å². The van der Waals surface area contributed by atoms with Crippen LogP contribution < -0.4 is 0 Å². The molecule has 3 aromatic rings. The van der Waals surface area contributed by atoms with E-state index in [9.17, 15) is 0 Å². The fraction of sp³-hybridized carbons (Fsp3) is 0.269.